The number of rotatable bonds is 3. The Hall–Kier alpha value is -3.55. The van der Waals surface area contributed by atoms with Gasteiger partial charge in [0.1, 0.15) is 5.75 Å². The molecule has 8 nitrogen and oxygen atoms in total. The lowest BCUT2D eigenvalue weighted by molar-refractivity contribution is 0.104. The Labute approximate surface area is 184 Å². The van der Waals surface area contributed by atoms with Crippen molar-refractivity contribution in [3.63, 3.8) is 0 Å². The number of carbonyl (C=O) groups excluding carboxylic acids is 1. The van der Waals surface area contributed by atoms with Gasteiger partial charge in [-0.2, -0.15) is 0 Å². The number of fused-ring (bicyclic) bond motifs is 4. The summed E-state index contributed by atoms with van der Waals surface area (Å²) in [5, 5.41) is 2.48. The van der Waals surface area contributed by atoms with E-state index in [-0.39, 0.29) is 12.2 Å². The molecule has 1 aliphatic heterocycles. The molecule has 1 aliphatic rings. The van der Waals surface area contributed by atoms with E-state index in [9.17, 15) is 9.59 Å². The Balaban J connectivity index is 1.73. The highest BCUT2D eigenvalue weighted by Crippen LogP contribution is 2.36. The average molecular weight is 434 g/mol. The number of carbonyl (C=O) groups is 1. The Morgan fingerprint density at radius 2 is 1.88 bits per heavy atom. The summed E-state index contributed by atoms with van der Waals surface area (Å²) in [6.07, 6.45) is 2.68. The molecule has 3 heterocycles. The van der Waals surface area contributed by atoms with Gasteiger partial charge in [-0.15, -0.1) is 0 Å². The van der Waals surface area contributed by atoms with Crippen LogP contribution in [0.4, 0.5) is 10.7 Å². The number of hydrogen-bond donors (Lipinski definition) is 2. The standard InChI is InChI=1S/C24H26N4O4/c1-4-31-24(30)32-15-8-9-17-16(12-15)18-13(2)21-19(14(3)20(18)25-17)22(29)27-23(26-21)28-10-6-5-7-11-28/h8-9,12,25H,4-7,10-11H2,1-3H3,(H,26,27,29). The maximum atomic E-state index is 13.1. The summed E-state index contributed by atoms with van der Waals surface area (Å²) in [6, 6.07) is 5.41. The SMILES string of the molecule is CCOC(=O)Oc1ccc2[nH]c3c(C)c4c(=O)[nH]c(N5CCCCC5)nc4c(C)c3c2c1. The zero-order valence-corrected chi connectivity index (χ0v) is 18.5. The molecule has 2 aromatic heterocycles. The van der Waals surface area contributed by atoms with Crippen molar-refractivity contribution >= 4 is 44.8 Å². The van der Waals surface area contributed by atoms with Gasteiger partial charge in [0, 0.05) is 29.4 Å². The first-order valence-electron chi connectivity index (χ1n) is 11.1. The first-order chi connectivity index (χ1) is 15.5. The van der Waals surface area contributed by atoms with Crippen LogP contribution in [0.1, 0.15) is 37.3 Å². The molecule has 0 aliphatic carbocycles. The molecule has 1 fully saturated rings. The van der Waals surface area contributed by atoms with Gasteiger partial charge < -0.3 is 19.4 Å². The summed E-state index contributed by atoms with van der Waals surface area (Å²) in [7, 11) is 0. The Morgan fingerprint density at radius 3 is 2.62 bits per heavy atom. The smallest absolute Gasteiger partial charge is 0.434 e. The normalized spacial score (nSPS) is 14.4. The number of aryl methyl sites for hydroxylation is 2. The quantitative estimate of drug-likeness (QED) is 0.358. The molecule has 2 aromatic carbocycles. The van der Waals surface area contributed by atoms with E-state index < -0.39 is 6.16 Å². The first kappa shape index (κ1) is 20.4. The molecule has 8 heteroatoms. The van der Waals surface area contributed by atoms with Crippen LogP contribution in [-0.2, 0) is 4.74 Å². The molecule has 0 radical (unpaired) electrons. The number of aromatic nitrogens is 3. The van der Waals surface area contributed by atoms with E-state index in [4.69, 9.17) is 14.5 Å². The van der Waals surface area contributed by atoms with Crippen molar-refractivity contribution in [3.8, 4) is 5.75 Å². The lowest BCUT2D eigenvalue weighted by Crippen LogP contribution is -2.32. The molecule has 1 saturated heterocycles. The Morgan fingerprint density at radius 1 is 1.09 bits per heavy atom. The Kier molecular flexibility index (Phi) is 5.00. The van der Waals surface area contributed by atoms with Crippen LogP contribution in [0.2, 0.25) is 0 Å². The number of H-pyrrole nitrogens is 2. The molecule has 2 N–H and O–H groups in total. The highest BCUT2D eigenvalue weighted by molar-refractivity contribution is 6.16. The van der Waals surface area contributed by atoms with Crippen LogP contribution >= 0.6 is 0 Å². The number of aromatic amines is 2. The number of nitrogens with one attached hydrogen (secondary N) is 2. The van der Waals surface area contributed by atoms with Crippen molar-refractivity contribution < 1.29 is 14.3 Å². The topological polar surface area (TPSA) is 100 Å². The zero-order valence-electron chi connectivity index (χ0n) is 18.5. The van der Waals surface area contributed by atoms with Crippen LogP contribution in [0.15, 0.2) is 23.0 Å². The molecule has 0 atom stereocenters. The first-order valence-corrected chi connectivity index (χ1v) is 11.1. The third-order valence-electron chi connectivity index (χ3n) is 6.28. The van der Waals surface area contributed by atoms with Gasteiger partial charge in [0.2, 0.25) is 5.95 Å². The number of anilines is 1. The van der Waals surface area contributed by atoms with E-state index >= 15 is 0 Å². The molecule has 32 heavy (non-hydrogen) atoms. The molecule has 0 spiro atoms. The third kappa shape index (κ3) is 3.26. The molecule has 0 unspecified atom stereocenters. The van der Waals surface area contributed by atoms with E-state index in [2.05, 4.69) is 14.9 Å². The lowest BCUT2D eigenvalue weighted by Gasteiger charge is -2.27. The maximum absolute atomic E-state index is 13.1. The minimum atomic E-state index is -0.732. The lowest BCUT2D eigenvalue weighted by atomic mass is 9.99. The summed E-state index contributed by atoms with van der Waals surface area (Å²) in [4.78, 5) is 38.4. The third-order valence-corrected chi connectivity index (χ3v) is 6.28. The number of ether oxygens (including phenoxy) is 2. The summed E-state index contributed by atoms with van der Waals surface area (Å²) < 4.78 is 10.2. The number of benzene rings is 2. The van der Waals surface area contributed by atoms with Gasteiger partial charge in [-0.3, -0.25) is 9.78 Å². The second-order valence-corrected chi connectivity index (χ2v) is 8.28. The fourth-order valence-corrected chi connectivity index (χ4v) is 4.73. The van der Waals surface area contributed by atoms with Crippen LogP contribution in [0.25, 0.3) is 32.7 Å². The van der Waals surface area contributed by atoms with Gasteiger partial charge >= 0.3 is 6.16 Å². The van der Waals surface area contributed by atoms with Crippen molar-refractivity contribution in [2.75, 3.05) is 24.6 Å². The molecule has 4 aromatic rings. The van der Waals surface area contributed by atoms with E-state index in [0.717, 1.165) is 58.9 Å². The highest BCUT2D eigenvalue weighted by Gasteiger charge is 2.21. The molecular weight excluding hydrogens is 408 g/mol. The molecule has 0 bridgehead atoms. The molecule has 0 saturated carbocycles. The number of nitrogens with zero attached hydrogens (tertiary/aromatic N) is 2. The number of hydrogen-bond acceptors (Lipinski definition) is 6. The molecule has 5 rings (SSSR count). The van der Waals surface area contributed by atoms with Crippen molar-refractivity contribution in [1.82, 2.24) is 15.0 Å². The zero-order chi connectivity index (χ0) is 22.4. The molecular formula is C24H26N4O4. The van der Waals surface area contributed by atoms with Crippen LogP contribution in [-0.4, -0.2) is 40.8 Å². The minimum absolute atomic E-state index is 0.122. The summed E-state index contributed by atoms with van der Waals surface area (Å²) >= 11 is 0. The monoisotopic (exact) mass is 434 g/mol. The van der Waals surface area contributed by atoms with Crippen LogP contribution in [0.3, 0.4) is 0 Å². The van der Waals surface area contributed by atoms with Crippen molar-refractivity contribution in [2.24, 2.45) is 0 Å². The van der Waals surface area contributed by atoms with Gasteiger partial charge in [-0.1, -0.05) is 0 Å². The van der Waals surface area contributed by atoms with Crippen LogP contribution in [0.5, 0.6) is 5.75 Å². The summed E-state index contributed by atoms with van der Waals surface area (Å²) in [6.45, 7) is 7.70. The molecule has 0 amide bonds. The predicted molar refractivity (Wildman–Crippen MR) is 125 cm³/mol. The van der Waals surface area contributed by atoms with Crippen molar-refractivity contribution in [3.05, 3.63) is 39.7 Å². The van der Waals surface area contributed by atoms with Gasteiger partial charge in [0.15, 0.2) is 0 Å². The maximum Gasteiger partial charge on any atom is 0.513 e. The number of piperidine rings is 1. The minimum Gasteiger partial charge on any atom is -0.434 e. The van der Waals surface area contributed by atoms with Crippen molar-refractivity contribution in [2.45, 2.75) is 40.0 Å². The Bertz CT molecular complexity index is 1410. The summed E-state index contributed by atoms with van der Waals surface area (Å²) in [5.74, 6) is 1.04. The predicted octanol–water partition coefficient (Wildman–Crippen LogP) is 4.70. The van der Waals surface area contributed by atoms with E-state index in [1.807, 2.05) is 26.0 Å². The van der Waals surface area contributed by atoms with E-state index in [1.54, 1.807) is 13.0 Å². The van der Waals surface area contributed by atoms with Gasteiger partial charge in [0.25, 0.3) is 5.56 Å². The van der Waals surface area contributed by atoms with Crippen LogP contribution < -0.4 is 15.2 Å². The van der Waals surface area contributed by atoms with E-state index in [1.165, 1.54) is 6.42 Å². The van der Waals surface area contributed by atoms with E-state index in [0.29, 0.717) is 22.6 Å². The van der Waals surface area contributed by atoms with Gasteiger partial charge in [0.05, 0.1) is 23.0 Å². The highest BCUT2D eigenvalue weighted by atomic mass is 16.7. The van der Waals surface area contributed by atoms with Gasteiger partial charge in [-0.05, 0) is 69.4 Å². The van der Waals surface area contributed by atoms with Crippen LogP contribution in [0, 0.1) is 13.8 Å². The average Bonchev–Trinajstić information content (AvgIpc) is 3.17. The second kappa shape index (κ2) is 7.85. The fraction of sp³-hybridized carbons (Fsp3) is 0.375. The molecule has 166 valence electrons. The van der Waals surface area contributed by atoms with Gasteiger partial charge in [-0.25, -0.2) is 9.78 Å². The van der Waals surface area contributed by atoms with Crippen molar-refractivity contribution in [1.29, 1.82) is 0 Å². The fourth-order valence-electron chi connectivity index (χ4n) is 4.73. The largest absolute Gasteiger partial charge is 0.513 e. The summed E-state index contributed by atoms with van der Waals surface area (Å²) in [5.41, 5.74) is 4.13. The second-order valence-electron chi connectivity index (χ2n) is 8.28.